The summed E-state index contributed by atoms with van der Waals surface area (Å²) in [6.07, 6.45) is 3.92. The van der Waals surface area contributed by atoms with Gasteiger partial charge >= 0.3 is 5.97 Å². The fourth-order valence-corrected chi connectivity index (χ4v) is 3.04. The van der Waals surface area contributed by atoms with Crippen molar-refractivity contribution < 1.29 is 14.6 Å². The molecule has 6 heteroatoms. The number of aromatic nitrogens is 1. The van der Waals surface area contributed by atoms with Crippen LogP contribution in [-0.4, -0.2) is 28.8 Å². The zero-order chi connectivity index (χ0) is 18.5. The fourth-order valence-electron chi connectivity index (χ4n) is 3.04. The Balaban J connectivity index is 1.93. The second kappa shape index (κ2) is 7.62. The lowest BCUT2D eigenvalue weighted by Crippen LogP contribution is -2.35. The predicted octanol–water partition coefficient (Wildman–Crippen LogP) is 2.76. The number of ether oxygens (including phenoxy) is 1. The Kier molecular flexibility index (Phi) is 5.09. The zero-order valence-corrected chi connectivity index (χ0v) is 14.3. The van der Waals surface area contributed by atoms with Crippen molar-refractivity contribution in [2.24, 2.45) is 0 Å². The first kappa shape index (κ1) is 17.4. The van der Waals surface area contributed by atoms with Crippen LogP contribution in [-0.2, 0) is 17.8 Å². The zero-order valence-electron chi connectivity index (χ0n) is 14.3. The van der Waals surface area contributed by atoms with Crippen LogP contribution in [0.15, 0.2) is 54.7 Å². The van der Waals surface area contributed by atoms with Gasteiger partial charge in [0.05, 0.1) is 7.11 Å². The Morgan fingerprint density at radius 3 is 2.65 bits per heavy atom. The molecule has 132 valence electrons. The lowest BCUT2D eigenvalue weighted by Gasteiger charge is -2.09. The van der Waals surface area contributed by atoms with Gasteiger partial charge < -0.3 is 19.7 Å². The number of nitrogens with zero attached hydrogens (tertiary/aromatic N) is 2. The summed E-state index contributed by atoms with van der Waals surface area (Å²) in [5.74, 6) is -0.239. The van der Waals surface area contributed by atoms with Crippen LogP contribution in [0.5, 0.6) is 5.75 Å². The Morgan fingerprint density at radius 2 is 2.00 bits per heavy atom. The average Bonchev–Trinajstić information content (AvgIpc) is 2.99. The highest BCUT2D eigenvalue weighted by molar-refractivity contribution is 5.85. The van der Waals surface area contributed by atoms with E-state index in [1.807, 2.05) is 54.7 Å². The molecule has 0 bridgehead atoms. The third-order valence-corrected chi connectivity index (χ3v) is 4.34. The minimum absolute atomic E-state index is 0.235. The average molecular weight is 349 g/mol. The molecular formula is C20H19N3O3. The largest absolute Gasteiger partial charge is 0.497 e. The van der Waals surface area contributed by atoms with Crippen LogP contribution >= 0.6 is 0 Å². The van der Waals surface area contributed by atoms with Gasteiger partial charge in [-0.05, 0) is 29.3 Å². The molecule has 1 heterocycles. The molecule has 2 aromatic carbocycles. The smallest absolute Gasteiger partial charge is 0.327 e. The van der Waals surface area contributed by atoms with E-state index < -0.39 is 12.0 Å². The lowest BCUT2D eigenvalue weighted by atomic mass is 10.1. The Labute approximate surface area is 151 Å². The minimum atomic E-state index is -1.04. The van der Waals surface area contributed by atoms with Crippen molar-refractivity contribution in [3.05, 3.63) is 65.9 Å². The maximum atomic E-state index is 11.4. The number of nitriles is 1. The summed E-state index contributed by atoms with van der Waals surface area (Å²) in [7, 11) is 1.63. The van der Waals surface area contributed by atoms with Crippen LogP contribution in [0, 0.1) is 11.5 Å². The number of para-hydroxylation sites is 1. The van der Waals surface area contributed by atoms with Gasteiger partial charge in [0.1, 0.15) is 11.8 Å². The van der Waals surface area contributed by atoms with E-state index in [0.717, 1.165) is 27.8 Å². The number of rotatable bonds is 7. The normalized spacial score (nSPS) is 11.7. The number of benzene rings is 2. The van der Waals surface area contributed by atoms with E-state index in [0.29, 0.717) is 6.54 Å². The van der Waals surface area contributed by atoms with Gasteiger partial charge in [-0.15, -0.1) is 0 Å². The van der Waals surface area contributed by atoms with E-state index >= 15 is 0 Å². The molecule has 0 saturated carbocycles. The monoisotopic (exact) mass is 349 g/mol. The summed E-state index contributed by atoms with van der Waals surface area (Å²) in [5, 5.41) is 21.4. The molecule has 0 aliphatic rings. The van der Waals surface area contributed by atoms with Crippen molar-refractivity contribution >= 4 is 16.9 Å². The number of carboxylic acids is 1. The van der Waals surface area contributed by atoms with E-state index in [1.54, 1.807) is 13.3 Å². The van der Waals surface area contributed by atoms with Crippen LogP contribution in [0.2, 0.25) is 0 Å². The van der Waals surface area contributed by atoms with Gasteiger partial charge in [-0.2, -0.15) is 5.26 Å². The summed E-state index contributed by atoms with van der Waals surface area (Å²) in [5.41, 5.74) is 3.03. The van der Waals surface area contributed by atoms with Gasteiger partial charge in [-0.25, -0.2) is 4.79 Å². The van der Waals surface area contributed by atoms with E-state index in [9.17, 15) is 9.90 Å². The molecular weight excluding hydrogens is 330 g/mol. The maximum Gasteiger partial charge on any atom is 0.327 e. The molecule has 0 saturated heterocycles. The molecule has 0 aliphatic carbocycles. The van der Waals surface area contributed by atoms with Gasteiger partial charge in [0.2, 0.25) is 0 Å². The van der Waals surface area contributed by atoms with Gasteiger partial charge in [0.15, 0.2) is 6.19 Å². The Morgan fingerprint density at radius 1 is 1.27 bits per heavy atom. The summed E-state index contributed by atoms with van der Waals surface area (Å²) in [6, 6.07) is 14.8. The molecule has 26 heavy (non-hydrogen) atoms. The number of carbonyl (C=O) groups is 1. The van der Waals surface area contributed by atoms with E-state index in [4.69, 9.17) is 10.00 Å². The van der Waals surface area contributed by atoms with Crippen LogP contribution < -0.4 is 10.1 Å². The van der Waals surface area contributed by atoms with E-state index in [2.05, 4.69) is 9.88 Å². The molecule has 6 nitrogen and oxygen atoms in total. The Hall–Kier alpha value is -3.46. The van der Waals surface area contributed by atoms with Crippen molar-refractivity contribution in [2.45, 2.75) is 19.0 Å². The molecule has 0 aliphatic heterocycles. The van der Waals surface area contributed by atoms with Gasteiger partial charge in [-0.1, -0.05) is 30.3 Å². The predicted molar refractivity (Wildman–Crippen MR) is 97.9 cm³/mol. The summed E-state index contributed by atoms with van der Waals surface area (Å²) < 4.78 is 7.28. The minimum Gasteiger partial charge on any atom is -0.497 e. The third kappa shape index (κ3) is 3.62. The summed E-state index contributed by atoms with van der Waals surface area (Å²) in [4.78, 5) is 11.4. The molecule has 0 spiro atoms. The molecule has 0 radical (unpaired) electrons. The first-order valence-electron chi connectivity index (χ1n) is 8.19. The highest BCUT2D eigenvalue weighted by Gasteiger charge is 2.20. The second-order valence-electron chi connectivity index (χ2n) is 6.00. The number of hydrogen-bond donors (Lipinski definition) is 2. The molecule has 0 fully saturated rings. The highest BCUT2D eigenvalue weighted by Crippen LogP contribution is 2.24. The van der Waals surface area contributed by atoms with E-state index in [1.165, 1.54) is 0 Å². The first-order valence-corrected chi connectivity index (χ1v) is 8.19. The van der Waals surface area contributed by atoms with Crippen molar-refractivity contribution in [1.29, 1.82) is 5.26 Å². The maximum absolute atomic E-state index is 11.4. The molecule has 3 aromatic rings. The van der Waals surface area contributed by atoms with Crippen molar-refractivity contribution in [2.75, 3.05) is 7.11 Å². The third-order valence-electron chi connectivity index (χ3n) is 4.34. The molecule has 1 atom stereocenters. The second-order valence-corrected chi connectivity index (χ2v) is 6.00. The van der Waals surface area contributed by atoms with Gasteiger partial charge in [0.25, 0.3) is 0 Å². The van der Waals surface area contributed by atoms with Crippen molar-refractivity contribution in [3.63, 3.8) is 0 Å². The molecule has 3 rings (SSSR count). The standard InChI is InChI=1S/C20H19N3O3/c1-26-16-8-6-14(7-9-16)11-23-12-15(10-18(20(24)25)22-13-21)17-4-2-3-5-19(17)23/h2-9,12,18,22H,10-11H2,1H3,(H,24,25). The van der Waals surface area contributed by atoms with Crippen molar-refractivity contribution in [1.82, 2.24) is 9.88 Å². The van der Waals surface area contributed by atoms with Crippen LogP contribution in [0.4, 0.5) is 0 Å². The number of nitrogens with one attached hydrogen (secondary N) is 1. The quantitative estimate of drug-likeness (QED) is 0.506. The number of aliphatic carboxylic acids is 1. The number of carboxylic acid groups (broad SMARTS) is 1. The van der Waals surface area contributed by atoms with Gasteiger partial charge in [0, 0.05) is 30.1 Å². The number of hydrogen-bond acceptors (Lipinski definition) is 4. The highest BCUT2D eigenvalue weighted by atomic mass is 16.5. The fraction of sp³-hybridized carbons (Fsp3) is 0.200. The molecule has 1 unspecified atom stereocenters. The molecule has 1 aromatic heterocycles. The first-order chi connectivity index (χ1) is 12.6. The lowest BCUT2D eigenvalue weighted by molar-refractivity contribution is -0.139. The van der Waals surface area contributed by atoms with Gasteiger partial charge in [-0.3, -0.25) is 0 Å². The number of fused-ring (bicyclic) bond motifs is 1. The Bertz CT molecular complexity index is 955. The number of methoxy groups -OCH3 is 1. The summed E-state index contributed by atoms with van der Waals surface area (Å²) >= 11 is 0. The summed E-state index contributed by atoms with van der Waals surface area (Å²) in [6.45, 7) is 0.661. The van der Waals surface area contributed by atoms with Crippen LogP contribution in [0.25, 0.3) is 10.9 Å². The van der Waals surface area contributed by atoms with Crippen LogP contribution in [0.3, 0.4) is 0 Å². The van der Waals surface area contributed by atoms with Crippen molar-refractivity contribution in [3.8, 4) is 11.9 Å². The van der Waals surface area contributed by atoms with Crippen LogP contribution in [0.1, 0.15) is 11.1 Å². The SMILES string of the molecule is COc1ccc(Cn2cc(CC(NC#N)C(=O)O)c3ccccc32)cc1. The van der Waals surface area contributed by atoms with E-state index in [-0.39, 0.29) is 6.42 Å². The topological polar surface area (TPSA) is 87.3 Å². The molecule has 2 N–H and O–H groups in total. The molecule has 0 amide bonds.